The van der Waals surface area contributed by atoms with Crippen LogP contribution in [0.4, 0.5) is 0 Å². The normalized spacial score (nSPS) is 11.0. The van der Waals surface area contributed by atoms with Crippen LogP contribution in [-0.2, 0) is 11.3 Å². The number of hydrogen-bond acceptors (Lipinski definition) is 4. The van der Waals surface area contributed by atoms with Gasteiger partial charge in [0.15, 0.2) is 6.10 Å². The minimum atomic E-state index is -0.638. The maximum absolute atomic E-state index is 12.4. The van der Waals surface area contributed by atoms with Crippen molar-refractivity contribution in [3.8, 4) is 17.9 Å². The van der Waals surface area contributed by atoms with Crippen LogP contribution in [0.25, 0.3) is 0 Å². The summed E-state index contributed by atoms with van der Waals surface area (Å²) in [4.78, 5) is 14.0. The lowest BCUT2D eigenvalue weighted by Gasteiger charge is -2.22. The highest BCUT2D eigenvalue weighted by molar-refractivity contribution is 5.80. The van der Waals surface area contributed by atoms with Gasteiger partial charge in [-0.15, -0.1) is 0 Å². The number of likely N-dealkylation sites (N-methyl/N-ethyl adjacent to an activating group) is 1. The Morgan fingerprint density at radius 3 is 2.04 bits per heavy atom. The van der Waals surface area contributed by atoms with Crippen molar-refractivity contribution in [1.29, 1.82) is 10.5 Å². The van der Waals surface area contributed by atoms with Gasteiger partial charge in [0.25, 0.3) is 5.91 Å². The van der Waals surface area contributed by atoms with E-state index in [9.17, 15) is 4.79 Å². The summed E-state index contributed by atoms with van der Waals surface area (Å²) in [6, 6.07) is 17.8. The Hall–Kier alpha value is -3.31. The predicted octanol–water partition coefficient (Wildman–Crippen LogP) is 2.86. The molecule has 0 spiro atoms. The van der Waals surface area contributed by atoms with Gasteiger partial charge < -0.3 is 9.64 Å². The second kappa shape index (κ2) is 7.80. The monoisotopic (exact) mass is 319 g/mol. The molecule has 5 heteroatoms. The van der Waals surface area contributed by atoms with Crippen LogP contribution in [-0.4, -0.2) is 24.0 Å². The predicted molar refractivity (Wildman–Crippen MR) is 88.9 cm³/mol. The van der Waals surface area contributed by atoms with Crippen molar-refractivity contribution >= 4 is 5.91 Å². The van der Waals surface area contributed by atoms with Crippen LogP contribution in [0.1, 0.15) is 23.6 Å². The number of nitrogens with zero attached hydrogens (tertiary/aromatic N) is 3. The van der Waals surface area contributed by atoms with E-state index < -0.39 is 6.10 Å². The molecular formula is C19H17N3O2. The smallest absolute Gasteiger partial charge is 0.263 e. The summed E-state index contributed by atoms with van der Waals surface area (Å²) in [5, 5.41) is 17.6. The van der Waals surface area contributed by atoms with Gasteiger partial charge in [-0.25, -0.2) is 0 Å². The zero-order chi connectivity index (χ0) is 17.5. The molecule has 2 aromatic rings. The maximum atomic E-state index is 12.4. The first kappa shape index (κ1) is 17.1. The number of carbonyl (C=O) groups excluding carboxylic acids is 1. The van der Waals surface area contributed by atoms with Gasteiger partial charge in [-0.1, -0.05) is 12.1 Å². The van der Waals surface area contributed by atoms with Crippen LogP contribution in [0.3, 0.4) is 0 Å². The molecule has 1 amide bonds. The van der Waals surface area contributed by atoms with Crippen molar-refractivity contribution in [2.45, 2.75) is 19.6 Å². The highest BCUT2D eigenvalue weighted by atomic mass is 16.5. The molecule has 0 aromatic heterocycles. The Morgan fingerprint density at radius 2 is 1.54 bits per heavy atom. The molecule has 120 valence electrons. The number of nitriles is 2. The van der Waals surface area contributed by atoms with Crippen molar-refractivity contribution in [3.63, 3.8) is 0 Å². The molecule has 0 saturated heterocycles. The summed E-state index contributed by atoms with van der Waals surface area (Å²) in [6.45, 7) is 2.13. The molecule has 1 unspecified atom stereocenters. The molecular weight excluding hydrogens is 302 g/mol. The average molecular weight is 319 g/mol. The van der Waals surface area contributed by atoms with Crippen LogP contribution in [0, 0.1) is 22.7 Å². The molecule has 0 aliphatic rings. The highest BCUT2D eigenvalue weighted by Crippen LogP contribution is 2.15. The number of rotatable bonds is 5. The fourth-order valence-electron chi connectivity index (χ4n) is 2.21. The Labute approximate surface area is 141 Å². The number of benzene rings is 2. The second-order valence-corrected chi connectivity index (χ2v) is 5.40. The standard InChI is InChI=1S/C19H17N3O2/c1-14(24-18-9-7-16(12-21)8-10-18)19(23)22(2)13-17-5-3-15(11-20)4-6-17/h3-10,14H,13H2,1-2H3. The van der Waals surface area contributed by atoms with Gasteiger partial charge in [0, 0.05) is 13.6 Å². The first-order chi connectivity index (χ1) is 11.5. The van der Waals surface area contributed by atoms with E-state index in [1.54, 1.807) is 55.3 Å². The molecule has 0 radical (unpaired) electrons. The Bertz CT molecular complexity index is 716. The fourth-order valence-corrected chi connectivity index (χ4v) is 2.21. The topological polar surface area (TPSA) is 77.1 Å². The number of amides is 1. The lowest BCUT2D eigenvalue weighted by molar-refractivity contribution is -0.137. The van der Waals surface area contributed by atoms with E-state index in [0.29, 0.717) is 23.4 Å². The van der Waals surface area contributed by atoms with Gasteiger partial charge in [0.2, 0.25) is 0 Å². The van der Waals surface area contributed by atoms with E-state index >= 15 is 0 Å². The molecule has 0 saturated carbocycles. The third kappa shape index (κ3) is 4.34. The Balaban J connectivity index is 1.95. The van der Waals surface area contributed by atoms with E-state index in [1.165, 1.54) is 0 Å². The second-order valence-electron chi connectivity index (χ2n) is 5.40. The molecule has 1 atom stereocenters. The number of ether oxygens (including phenoxy) is 1. The molecule has 0 bridgehead atoms. The summed E-state index contributed by atoms with van der Waals surface area (Å²) in [5.74, 6) is 0.394. The Kier molecular flexibility index (Phi) is 5.54. The van der Waals surface area contributed by atoms with Gasteiger partial charge in [0.05, 0.1) is 23.3 Å². The summed E-state index contributed by atoms with van der Waals surface area (Å²) >= 11 is 0. The molecule has 0 aliphatic carbocycles. The zero-order valence-corrected chi connectivity index (χ0v) is 13.6. The Morgan fingerprint density at radius 1 is 1.04 bits per heavy atom. The summed E-state index contributed by atoms with van der Waals surface area (Å²) in [7, 11) is 1.71. The fraction of sp³-hybridized carbons (Fsp3) is 0.211. The van der Waals surface area contributed by atoms with Crippen molar-refractivity contribution < 1.29 is 9.53 Å². The number of carbonyl (C=O) groups is 1. The van der Waals surface area contributed by atoms with Crippen LogP contribution < -0.4 is 4.74 Å². The van der Waals surface area contributed by atoms with Crippen molar-refractivity contribution in [2.75, 3.05) is 7.05 Å². The van der Waals surface area contributed by atoms with Gasteiger partial charge >= 0.3 is 0 Å². The quantitative estimate of drug-likeness (QED) is 0.849. The van der Waals surface area contributed by atoms with Gasteiger partial charge in [-0.2, -0.15) is 10.5 Å². The summed E-state index contributed by atoms with van der Waals surface area (Å²) < 4.78 is 5.63. The number of hydrogen-bond donors (Lipinski definition) is 0. The minimum Gasteiger partial charge on any atom is -0.481 e. The molecule has 24 heavy (non-hydrogen) atoms. The molecule has 0 N–H and O–H groups in total. The average Bonchev–Trinajstić information content (AvgIpc) is 2.62. The first-order valence-electron chi connectivity index (χ1n) is 7.44. The van der Waals surface area contributed by atoms with Crippen LogP contribution in [0.5, 0.6) is 5.75 Å². The summed E-state index contributed by atoms with van der Waals surface area (Å²) in [6.07, 6.45) is -0.638. The van der Waals surface area contributed by atoms with Crippen molar-refractivity contribution in [1.82, 2.24) is 4.90 Å². The van der Waals surface area contributed by atoms with Crippen molar-refractivity contribution in [2.24, 2.45) is 0 Å². The molecule has 2 rings (SSSR count). The van der Waals surface area contributed by atoms with E-state index in [2.05, 4.69) is 6.07 Å². The van der Waals surface area contributed by atoms with E-state index in [4.69, 9.17) is 15.3 Å². The lowest BCUT2D eigenvalue weighted by Crippen LogP contribution is -2.37. The zero-order valence-electron chi connectivity index (χ0n) is 13.6. The van der Waals surface area contributed by atoms with Crippen LogP contribution in [0.15, 0.2) is 48.5 Å². The largest absolute Gasteiger partial charge is 0.481 e. The molecule has 0 fully saturated rings. The third-order valence-electron chi connectivity index (χ3n) is 3.52. The van der Waals surface area contributed by atoms with Gasteiger partial charge in [-0.3, -0.25) is 4.79 Å². The first-order valence-corrected chi connectivity index (χ1v) is 7.44. The van der Waals surface area contributed by atoms with Crippen LogP contribution in [0.2, 0.25) is 0 Å². The minimum absolute atomic E-state index is 0.149. The van der Waals surface area contributed by atoms with Crippen molar-refractivity contribution in [3.05, 3.63) is 65.2 Å². The van der Waals surface area contributed by atoms with Crippen LogP contribution >= 0.6 is 0 Å². The molecule has 0 heterocycles. The molecule has 5 nitrogen and oxygen atoms in total. The van der Waals surface area contributed by atoms with Gasteiger partial charge in [-0.05, 0) is 48.9 Å². The molecule has 2 aromatic carbocycles. The lowest BCUT2D eigenvalue weighted by atomic mass is 10.1. The van der Waals surface area contributed by atoms with E-state index in [1.807, 2.05) is 18.2 Å². The summed E-state index contributed by atoms with van der Waals surface area (Å²) in [5.41, 5.74) is 2.07. The highest BCUT2D eigenvalue weighted by Gasteiger charge is 2.19. The third-order valence-corrected chi connectivity index (χ3v) is 3.52. The molecule has 0 aliphatic heterocycles. The van der Waals surface area contributed by atoms with E-state index in [-0.39, 0.29) is 5.91 Å². The SMILES string of the molecule is CC(Oc1ccc(C#N)cc1)C(=O)N(C)Cc1ccc(C#N)cc1. The van der Waals surface area contributed by atoms with Gasteiger partial charge in [0.1, 0.15) is 5.75 Å². The maximum Gasteiger partial charge on any atom is 0.263 e. The van der Waals surface area contributed by atoms with E-state index in [0.717, 1.165) is 5.56 Å².